The molecular weight excluding hydrogens is 548 g/mol. The lowest BCUT2D eigenvalue weighted by Crippen LogP contribution is -2.52. The number of hydrogen-bond acceptors (Lipinski definition) is 8. The summed E-state index contributed by atoms with van der Waals surface area (Å²) < 4.78 is 51.2. The third kappa shape index (κ3) is 6.86. The number of carbonyl (C=O) groups excluding carboxylic acids is 1. The van der Waals surface area contributed by atoms with E-state index >= 15 is 0 Å². The van der Waals surface area contributed by atoms with Gasteiger partial charge in [0.25, 0.3) is 0 Å². The molecule has 2 aromatic carbocycles. The van der Waals surface area contributed by atoms with Crippen molar-refractivity contribution in [2.45, 2.75) is 68.6 Å². The number of carbonyl (C=O) groups is 1. The summed E-state index contributed by atoms with van der Waals surface area (Å²) in [5.74, 6) is 1.20. The van der Waals surface area contributed by atoms with Crippen molar-refractivity contribution in [3.8, 4) is 5.75 Å². The van der Waals surface area contributed by atoms with E-state index in [2.05, 4.69) is 5.32 Å². The van der Waals surface area contributed by atoms with E-state index in [0.29, 0.717) is 37.0 Å². The smallest absolute Gasteiger partial charge is 0.407 e. The molecule has 2 saturated heterocycles. The Morgan fingerprint density at radius 3 is 2.51 bits per heavy atom. The van der Waals surface area contributed by atoms with Crippen LogP contribution in [0.25, 0.3) is 0 Å². The Labute approximate surface area is 242 Å². The predicted octanol–water partition coefficient (Wildman–Crippen LogP) is 3.19. The summed E-state index contributed by atoms with van der Waals surface area (Å²) in [6, 6.07) is 14.8. The summed E-state index contributed by atoms with van der Waals surface area (Å²) >= 11 is 0. The number of rotatable bonds is 12. The average Bonchev–Trinajstić information content (AvgIpc) is 3.51. The van der Waals surface area contributed by atoms with Gasteiger partial charge in [0.05, 0.1) is 36.9 Å². The van der Waals surface area contributed by atoms with E-state index in [9.17, 15) is 18.3 Å². The maximum absolute atomic E-state index is 13.6. The zero-order valence-electron chi connectivity index (χ0n) is 23.7. The summed E-state index contributed by atoms with van der Waals surface area (Å²) in [4.78, 5) is 13.3. The molecule has 3 fully saturated rings. The molecular formula is C30H40N2O8S. The number of ether oxygens (including phenoxy) is 4. The quantitative estimate of drug-likeness (QED) is 0.388. The molecule has 0 spiro atoms. The number of sulfonamides is 1. The fourth-order valence-electron chi connectivity index (χ4n) is 6.07. The first kappa shape index (κ1) is 29.8. The van der Waals surface area contributed by atoms with E-state index in [0.717, 1.165) is 12.0 Å². The predicted molar refractivity (Wildman–Crippen MR) is 151 cm³/mol. The van der Waals surface area contributed by atoms with Gasteiger partial charge in [0.1, 0.15) is 11.9 Å². The molecule has 5 rings (SSSR count). The lowest BCUT2D eigenvalue weighted by Gasteiger charge is -2.33. The number of amides is 1. The second-order valence-electron chi connectivity index (χ2n) is 11.6. The van der Waals surface area contributed by atoms with E-state index in [1.807, 2.05) is 44.2 Å². The zero-order chi connectivity index (χ0) is 29.1. The number of nitrogens with one attached hydrogen (secondary N) is 1. The van der Waals surface area contributed by atoms with E-state index in [4.69, 9.17) is 18.9 Å². The molecule has 0 aromatic heterocycles. The molecule has 3 aliphatic rings. The molecule has 11 heteroatoms. The van der Waals surface area contributed by atoms with Crippen molar-refractivity contribution in [2.75, 3.05) is 26.8 Å². The molecule has 1 saturated carbocycles. The fraction of sp³-hybridized carbons (Fsp3) is 0.567. The highest BCUT2D eigenvalue weighted by Crippen LogP contribution is 2.47. The minimum Gasteiger partial charge on any atom is -0.497 e. The van der Waals surface area contributed by atoms with Crippen molar-refractivity contribution < 1.29 is 37.3 Å². The standard InChI is InChI=1S/C30H40N2O8S/c1-19(2)16-32(41(35,36)23-11-9-22(37-3)10-12-23)17-26(33)25(13-20-7-5-4-6-8-20)31-30(34)40-27-14-21-18-38-29-24(21)15-28(27)39-29/h4-12,19,21,24-29,33H,13-18H2,1-3H3,(H,31,34)/t21-,24-,25-,26+,27-,28?,29-/m0/s1. The minimum atomic E-state index is -3.94. The molecule has 2 bridgehead atoms. The van der Waals surface area contributed by atoms with Crippen LogP contribution in [0.1, 0.15) is 32.3 Å². The molecule has 10 nitrogen and oxygen atoms in total. The summed E-state index contributed by atoms with van der Waals surface area (Å²) in [7, 11) is -2.43. The second kappa shape index (κ2) is 12.7. The van der Waals surface area contributed by atoms with Crippen LogP contribution in [0.3, 0.4) is 0 Å². The first-order valence-electron chi connectivity index (χ1n) is 14.2. The Morgan fingerprint density at radius 1 is 1.10 bits per heavy atom. The van der Waals surface area contributed by atoms with Gasteiger partial charge in [-0.15, -0.1) is 0 Å². The Bertz CT molecular complexity index is 1270. The molecule has 1 unspecified atom stereocenters. The van der Waals surface area contributed by atoms with Crippen molar-refractivity contribution in [3.05, 3.63) is 60.2 Å². The van der Waals surface area contributed by atoms with Crippen LogP contribution in [0.15, 0.2) is 59.5 Å². The van der Waals surface area contributed by atoms with Crippen molar-refractivity contribution in [1.82, 2.24) is 9.62 Å². The first-order chi connectivity index (χ1) is 19.6. The SMILES string of the molecule is COc1ccc(S(=O)(=O)N(CC(C)C)C[C@@H](O)[C@H](Cc2ccccc2)NC(=O)O[C@H]2C[C@H]3CO[C@H]4OC2C[C@@H]34)cc1. The molecule has 2 aromatic rings. The van der Waals surface area contributed by atoms with Gasteiger partial charge in [0, 0.05) is 19.0 Å². The average molecular weight is 589 g/mol. The van der Waals surface area contributed by atoms with Crippen LogP contribution in [0, 0.1) is 17.8 Å². The normalized spacial score (nSPS) is 26.6. The van der Waals surface area contributed by atoms with Crippen LogP contribution in [0.2, 0.25) is 0 Å². The highest BCUT2D eigenvalue weighted by molar-refractivity contribution is 7.89. The number of methoxy groups -OCH3 is 1. The number of hydrogen-bond donors (Lipinski definition) is 2. The first-order valence-corrected chi connectivity index (χ1v) is 15.7. The third-order valence-corrected chi connectivity index (χ3v) is 10.0. The molecule has 224 valence electrons. The van der Waals surface area contributed by atoms with Gasteiger partial charge in [-0.25, -0.2) is 13.2 Å². The summed E-state index contributed by atoms with van der Waals surface area (Å²) in [6.07, 6.45) is -0.918. The minimum absolute atomic E-state index is 0.00146. The summed E-state index contributed by atoms with van der Waals surface area (Å²) in [6.45, 7) is 4.42. The number of alkyl carbamates (subject to hydrolysis) is 1. The number of benzene rings is 2. The lowest BCUT2D eigenvalue weighted by atomic mass is 9.80. The van der Waals surface area contributed by atoms with Crippen LogP contribution in [-0.4, -0.2) is 81.4 Å². The monoisotopic (exact) mass is 588 g/mol. The van der Waals surface area contributed by atoms with Crippen LogP contribution >= 0.6 is 0 Å². The zero-order valence-corrected chi connectivity index (χ0v) is 24.5. The maximum atomic E-state index is 13.6. The van der Waals surface area contributed by atoms with E-state index in [1.54, 1.807) is 12.1 Å². The van der Waals surface area contributed by atoms with Crippen LogP contribution in [0.4, 0.5) is 4.79 Å². The molecule has 2 aliphatic heterocycles. The summed E-state index contributed by atoms with van der Waals surface area (Å²) in [5.41, 5.74) is 0.888. The molecule has 1 aliphatic carbocycles. The van der Waals surface area contributed by atoms with Crippen LogP contribution in [-0.2, 0) is 30.7 Å². The van der Waals surface area contributed by atoms with Crippen molar-refractivity contribution in [1.29, 1.82) is 0 Å². The van der Waals surface area contributed by atoms with Gasteiger partial charge in [-0.1, -0.05) is 44.2 Å². The molecule has 1 amide bonds. The highest BCUT2D eigenvalue weighted by atomic mass is 32.2. The number of nitrogens with zero attached hydrogens (tertiary/aromatic N) is 1. The summed E-state index contributed by atoms with van der Waals surface area (Å²) in [5, 5.41) is 14.3. The molecule has 2 N–H and O–H groups in total. The maximum Gasteiger partial charge on any atom is 0.407 e. The molecule has 41 heavy (non-hydrogen) atoms. The van der Waals surface area contributed by atoms with Crippen LogP contribution in [0.5, 0.6) is 5.75 Å². The van der Waals surface area contributed by atoms with Crippen molar-refractivity contribution in [2.24, 2.45) is 17.8 Å². The van der Waals surface area contributed by atoms with E-state index < -0.39 is 34.4 Å². The number of aliphatic hydroxyl groups is 1. The number of aliphatic hydroxyl groups excluding tert-OH is 1. The Hall–Kier alpha value is -2.70. The van der Waals surface area contributed by atoms with Gasteiger partial charge in [0.2, 0.25) is 10.0 Å². The van der Waals surface area contributed by atoms with E-state index in [1.165, 1.54) is 23.5 Å². The van der Waals surface area contributed by atoms with Gasteiger partial charge in [-0.05, 0) is 60.9 Å². The Morgan fingerprint density at radius 2 is 1.83 bits per heavy atom. The fourth-order valence-corrected chi connectivity index (χ4v) is 7.69. The van der Waals surface area contributed by atoms with Gasteiger partial charge in [0.15, 0.2) is 6.29 Å². The van der Waals surface area contributed by atoms with Gasteiger partial charge in [-0.2, -0.15) is 4.31 Å². The Balaban J connectivity index is 1.31. The largest absolute Gasteiger partial charge is 0.497 e. The third-order valence-electron chi connectivity index (χ3n) is 8.17. The van der Waals surface area contributed by atoms with E-state index in [-0.39, 0.29) is 36.3 Å². The molecule has 0 radical (unpaired) electrons. The molecule has 7 atom stereocenters. The highest BCUT2D eigenvalue weighted by Gasteiger charge is 2.54. The lowest BCUT2D eigenvalue weighted by molar-refractivity contribution is -0.147. The van der Waals surface area contributed by atoms with Gasteiger partial charge < -0.3 is 29.4 Å². The molecule has 2 heterocycles. The van der Waals surface area contributed by atoms with Crippen LogP contribution < -0.4 is 10.1 Å². The van der Waals surface area contributed by atoms with Crippen molar-refractivity contribution >= 4 is 16.1 Å². The van der Waals surface area contributed by atoms with Gasteiger partial charge in [-0.3, -0.25) is 0 Å². The van der Waals surface area contributed by atoms with Gasteiger partial charge >= 0.3 is 6.09 Å². The second-order valence-corrected chi connectivity index (χ2v) is 13.6. The van der Waals surface area contributed by atoms with Crippen molar-refractivity contribution in [3.63, 3.8) is 0 Å². The Kier molecular flexibility index (Phi) is 9.20. The topological polar surface area (TPSA) is 124 Å². The number of fused-ring (bicyclic) bond motifs is 1.